The Morgan fingerprint density at radius 2 is 1.74 bits per heavy atom. The molecule has 0 spiro atoms. The summed E-state index contributed by atoms with van der Waals surface area (Å²) in [6.45, 7) is 2.85. The van der Waals surface area contributed by atoms with Crippen molar-refractivity contribution < 1.29 is 14.3 Å². The van der Waals surface area contributed by atoms with Gasteiger partial charge in [0.25, 0.3) is 5.91 Å². The number of nitrogens with one attached hydrogen (secondary N) is 2. The molecular formula is C29H29N3O3. The molecule has 4 aromatic rings. The Labute approximate surface area is 204 Å². The number of carbonyl (C=O) groups excluding carboxylic acids is 2. The van der Waals surface area contributed by atoms with E-state index in [1.165, 1.54) is 5.56 Å². The van der Waals surface area contributed by atoms with Crippen molar-refractivity contribution in [1.82, 2.24) is 9.88 Å². The van der Waals surface area contributed by atoms with E-state index in [-0.39, 0.29) is 11.8 Å². The maximum Gasteiger partial charge on any atom is 0.254 e. The smallest absolute Gasteiger partial charge is 0.254 e. The van der Waals surface area contributed by atoms with Gasteiger partial charge in [0.15, 0.2) is 0 Å². The van der Waals surface area contributed by atoms with E-state index in [1.54, 1.807) is 18.1 Å². The van der Waals surface area contributed by atoms with E-state index >= 15 is 0 Å². The van der Waals surface area contributed by atoms with Gasteiger partial charge in [-0.05, 0) is 41.8 Å². The van der Waals surface area contributed by atoms with Crippen molar-refractivity contribution in [2.24, 2.45) is 0 Å². The molecule has 2 amide bonds. The van der Waals surface area contributed by atoms with Gasteiger partial charge in [0.2, 0.25) is 5.91 Å². The van der Waals surface area contributed by atoms with Gasteiger partial charge in [-0.15, -0.1) is 0 Å². The van der Waals surface area contributed by atoms with Gasteiger partial charge < -0.3 is 19.9 Å². The monoisotopic (exact) mass is 467 g/mol. The number of H-pyrrole nitrogens is 1. The normalized spacial score (nSPS) is 17.4. The lowest BCUT2D eigenvalue weighted by Gasteiger charge is -2.41. The summed E-state index contributed by atoms with van der Waals surface area (Å²) in [5.74, 6) is -0.831. The summed E-state index contributed by atoms with van der Waals surface area (Å²) in [6, 6.07) is 22.8. The van der Waals surface area contributed by atoms with Crippen LogP contribution in [0.25, 0.3) is 10.9 Å². The van der Waals surface area contributed by atoms with E-state index in [1.807, 2.05) is 72.9 Å². The summed E-state index contributed by atoms with van der Waals surface area (Å²) in [6.07, 6.45) is 2.86. The molecule has 0 saturated heterocycles. The van der Waals surface area contributed by atoms with Gasteiger partial charge in [0.05, 0.1) is 18.6 Å². The van der Waals surface area contributed by atoms with Crippen LogP contribution in [0.3, 0.4) is 0 Å². The molecule has 6 nitrogen and oxygen atoms in total. The van der Waals surface area contributed by atoms with Gasteiger partial charge in [-0.1, -0.05) is 55.5 Å². The summed E-state index contributed by atoms with van der Waals surface area (Å²) in [7, 11) is 1.62. The molecule has 2 N–H and O–H groups in total. The second-order valence-corrected chi connectivity index (χ2v) is 8.83. The molecule has 1 aliphatic rings. The van der Waals surface area contributed by atoms with Crippen LogP contribution in [0.1, 0.15) is 45.9 Å². The van der Waals surface area contributed by atoms with Crippen LogP contribution in [-0.4, -0.2) is 42.0 Å². The van der Waals surface area contributed by atoms with E-state index < -0.39 is 12.0 Å². The van der Waals surface area contributed by atoms with Gasteiger partial charge in [-0.25, -0.2) is 0 Å². The zero-order chi connectivity index (χ0) is 24.4. The van der Waals surface area contributed by atoms with Crippen molar-refractivity contribution in [2.75, 3.05) is 25.6 Å². The number of hydrogen-bond donors (Lipinski definition) is 2. The molecule has 2 atom stereocenters. The van der Waals surface area contributed by atoms with Crippen LogP contribution in [-0.2, 0) is 16.0 Å². The summed E-state index contributed by atoms with van der Waals surface area (Å²) in [5, 5.41) is 4.11. The van der Waals surface area contributed by atoms with E-state index in [2.05, 4.69) is 17.2 Å². The molecular weight excluding hydrogens is 438 g/mol. The number of nitrogens with zero attached hydrogens (tertiary/aromatic N) is 1. The third-order valence-corrected chi connectivity index (χ3v) is 6.83. The minimum absolute atomic E-state index is 0.0933. The Morgan fingerprint density at radius 1 is 1.00 bits per heavy atom. The summed E-state index contributed by atoms with van der Waals surface area (Å²) >= 11 is 0. The minimum atomic E-state index is -0.592. The Kier molecular flexibility index (Phi) is 6.38. The molecule has 0 bridgehead atoms. The van der Waals surface area contributed by atoms with Crippen LogP contribution in [0, 0.1) is 0 Å². The van der Waals surface area contributed by atoms with Crippen LogP contribution in [0.4, 0.5) is 5.69 Å². The SMILES string of the molecule is CCc1ccc(NC(=O)C2c3ccccc3C(=O)N(CCOC)C2c2c[nH]c3ccccc23)cc1. The van der Waals surface area contributed by atoms with Crippen molar-refractivity contribution in [3.8, 4) is 0 Å². The van der Waals surface area contributed by atoms with E-state index in [9.17, 15) is 9.59 Å². The molecule has 0 fully saturated rings. The predicted octanol–water partition coefficient (Wildman–Crippen LogP) is 5.30. The maximum atomic E-state index is 14.0. The number of anilines is 1. The minimum Gasteiger partial charge on any atom is -0.383 e. The highest BCUT2D eigenvalue weighted by Crippen LogP contribution is 2.45. The fraction of sp³-hybridized carbons (Fsp3) is 0.241. The van der Waals surface area contributed by atoms with Gasteiger partial charge in [-0.2, -0.15) is 0 Å². The standard InChI is InChI=1S/C29H29N3O3/c1-3-19-12-14-20(15-13-19)31-28(33)26-22-9-4-5-10-23(22)29(34)32(16-17-35-2)27(26)24-18-30-25-11-7-6-8-21(24)25/h4-15,18,26-27,30H,3,16-17H2,1-2H3,(H,31,33). The van der Waals surface area contributed by atoms with Crippen LogP contribution in [0.5, 0.6) is 0 Å². The molecule has 0 aliphatic carbocycles. The number of hydrogen-bond acceptors (Lipinski definition) is 3. The lowest BCUT2D eigenvalue weighted by molar-refractivity contribution is -0.119. The zero-order valence-electron chi connectivity index (χ0n) is 20.0. The molecule has 0 saturated carbocycles. The summed E-state index contributed by atoms with van der Waals surface area (Å²) in [5.41, 5.74) is 5.13. The number of para-hydroxylation sites is 1. The van der Waals surface area contributed by atoms with Crippen LogP contribution in [0.2, 0.25) is 0 Å². The van der Waals surface area contributed by atoms with E-state index in [0.29, 0.717) is 18.7 Å². The Morgan fingerprint density at radius 3 is 2.51 bits per heavy atom. The van der Waals surface area contributed by atoms with Crippen molar-refractivity contribution in [3.63, 3.8) is 0 Å². The molecule has 0 radical (unpaired) electrons. The highest BCUT2D eigenvalue weighted by molar-refractivity contribution is 6.05. The van der Waals surface area contributed by atoms with Gasteiger partial charge in [-0.3, -0.25) is 9.59 Å². The van der Waals surface area contributed by atoms with Crippen LogP contribution in [0.15, 0.2) is 79.0 Å². The van der Waals surface area contributed by atoms with Crippen LogP contribution >= 0.6 is 0 Å². The lowest BCUT2D eigenvalue weighted by Crippen LogP contribution is -2.47. The number of amides is 2. The topological polar surface area (TPSA) is 74.4 Å². The average Bonchev–Trinajstić information content (AvgIpc) is 3.32. The van der Waals surface area contributed by atoms with Crippen molar-refractivity contribution in [2.45, 2.75) is 25.3 Å². The average molecular weight is 468 g/mol. The number of aryl methyl sites for hydroxylation is 1. The number of ether oxygens (including phenoxy) is 1. The zero-order valence-corrected chi connectivity index (χ0v) is 20.0. The molecule has 1 aromatic heterocycles. The van der Waals surface area contributed by atoms with Gasteiger partial charge in [0, 0.05) is 47.6 Å². The number of methoxy groups -OCH3 is 1. The molecule has 1 aliphatic heterocycles. The Hall–Kier alpha value is -3.90. The number of rotatable bonds is 7. The second kappa shape index (κ2) is 9.76. The quantitative estimate of drug-likeness (QED) is 0.388. The number of carbonyl (C=O) groups is 2. The first-order valence-electron chi connectivity index (χ1n) is 12.0. The molecule has 35 heavy (non-hydrogen) atoms. The molecule has 3 aromatic carbocycles. The highest BCUT2D eigenvalue weighted by atomic mass is 16.5. The fourth-order valence-corrected chi connectivity index (χ4v) is 5.04. The molecule has 5 rings (SSSR count). The van der Waals surface area contributed by atoms with Crippen LogP contribution < -0.4 is 5.32 Å². The number of fused-ring (bicyclic) bond motifs is 2. The third kappa shape index (κ3) is 4.21. The van der Waals surface area contributed by atoms with E-state index in [4.69, 9.17) is 4.74 Å². The molecule has 6 heteroatoms. The number of aromatic amines is 1. The number of aromatic nitrogens is 1. The maximum absolute atomic E-state index is 14.0. The fourth-order valence-electron chi connectivity index (χ4n) is 5.04. The van der Waals surface area contributed by atoms with Gasteiger partial charge in [0.1, 0.15) is 0 Å². The predicted molar refractivity (Wildman–Crippen MR) is 138 cm³/mol. The largest absolute Gasteiger partial charge is 0.383 e. The summed E-state index contributed by atoms with van der Waals surface area (Å²) < 4.78 is 5.34. The third-order valence-electron chi connectivity index (χ3n) is 6.83. The molecule has 178 valence electrons. The van der Waals surface area contributed by atoms with Crippen molar-refractivity contribution in [1.29, 1.82) is 0 Å². The first kappa shape index (κ1) is 22.9. The molecule has 2 heterocycles. The van der Waals surface area contributed by atoms with Gasteiger partial charge >= 0.3 is 0 Å². The second-order valence-electron chi connectivity index (χ2n) is 8.83. The van der Waals surface area contributed by atoms with Crippen molar-refractivity contribution in [3.05, 3.63) is 101 Å². The molecule has 2 unspecified atom stereocenters. The van der Waals surface area contributed by atoms with Crippen molar-refractivity contribution >= 4 is 28.4 Å². The number of benzene rings is 3. The Bertz CT molecular complexity index is 1360. The first-order chi connectivity index (χ1) is 17.1. The van der Waals surface area contributed by atoms with E-state index in [0.717, 1.165) is 34.1 Å². The summed E-state index contributed by atoms with van der Waals surface area (Å²) in [4.78, 5) is 32.8. The first-order valence-corrected chi connectivity index (χ1v) is 12.0. The Balaban J connectivity index is 1.64. The lowest BCUT2D eigenvalue weighted by atomic mass is 9.79. The highest BCUT2D eigenvalue weighted by Gasteiger charge is 2.44.